The van der Waals surface area contributed by atoms with E-state index in [1.165, 1.54) is 28.2 Å². The lowest BCUT2D eigenvalue weighted by Crippen LogP contribution is -2.34. The first kappa shape index (κ1) is 13.1. The fourth-order valence-corrected chi connectivity index (χ4v) is 2.64. The van der Waals surface area contributed by atoms with Gasteiger partial charge in [-0.25, -0.2) is 0 Å². The molecule has 1 heterocycles. The maximum absolute atomic E-state index is 10.9. The number of fused-ring (bicyclic) bond motifs is 1. The minimum absolute atomic E-state index is 0.203. The molecule has 0 aliphatic heterocycles. The molecule has 18 heavy (non-hydrogen) atoms. The van der Waals surface area contributed by atoms with Crippen molar-refractivity contribution in [3.05, 3.63) is 42.1 Å². The predicted octanol–water partition coefficient (Wildman–Crippen LogP) is 3.11. The zero-order valence-corrected chi connectivity index (χ0v) is 11.7. The maximum atomic E-state index is 10.9. The first-order chi connectivity index (χ1) is 8.68. The summed E-state index contributed by atoms with van der Waals surface area (Å²) in [4.78, 5) is 10.9. The van der Waals surface area contributed by atoms with Gasteiger partial charge in [0.25, 0.3) is 0 Å². The SMILES string of the molecule is CC(=O)SCCC[n+]1ccc(C)c2ccccc21. The number of hydrogen-bond acceptors (Lipinski definition) is 2. The van der Waals surface area contributed by atoms with E-state index in [-0.39, 0.29) is 5.12 Å². The van der Waals surface area contributed by atoms with Crippen LogP contribution in [-0.2, 0) is 11.3 Å². The molecule has 0 bridgehead atoms. The molecule has 0 spiro atoms. The number of nitrogens with zero attached hydrogens (tertiary/aromatic N) is 1. The number of hydrogen-bond donors (Lipinski definition) is 0. The van der Waals surface area contributed by atoms with Crippen molar-refractivity contribution in [2.24, 2.45) is 0 Å². The number of carbonyl (C=O) groups is 1. The molecule has 0 saturated carbocycles. The van der Waals surface area contributed by atoms with Crippen molar-refractivity contribution in [1.82, 2.24) is 0 Å². The second-order valence-electron chi connectivity index (χ2n) is 4.40. The molecule has 3 heteroatoms. The number of pyridine rings is 1. The molecule has 0 radical (unpaired) electrons. The molecular weight excluding hydrogens is 242 g/mol. The molecular formula is C15H18NOS+. The van der Waals surface area contributed by atoms with Crippen LogP contribution in [0.1, 0.15) is 18.9 Å². The van der Waals surface area contributed by atoms with E-state index >= 15 is 0 Å². The van der Waals surface area contributed by atoms with Gasteiger partial charge in [-0.2, -0.15) is 4.57 Å². The van der Waals surface area contributed by atoms with E-state index < -0.39 is 0 Å². The van der Waals surface area contributed by atoms with Crippen LogP contribution in [0.15, 0.2) is 36.5 Å². The van der Waals surface area contributed by atoms with Crippen molar-refractivity contribution in [2.75, 3.05) is 5.75 Å². The Bertz CT molecular complexity index is 565. The van der Waals surface area contributed by atoms with E-state index in [2.05, 4.69) is 48.0 Å². The summed E-state index contributed by atoms with van der Waals surface area (Å²) >= 11 is 1.41. The Hall–Kier alpha value is -1.35. The minimum atomic E-state index is 0.203. The molecule has 0 saturated heterocycles. The van der Waals surface area contributed by atoms with Gasteiger partial charge in [0, 0.05) is 36.6 Å². The van der Waals surface area contributed by atoms with Crippen LogP contribution in [0.3, 0.4) is 0 Å². The quantitative estimate of drug-likeness (QED) is 0.622. The van der Waals surface area contributed by atoms with Gasteiger partial charge in [0.05, 0.1) is 0 Å². The summed E-state index contributed by atoms with van der Waals surface area (Å²) in [5.74, 6) is 0.893. The summed E-state index contributed by atoms with van der Waals surface area (Å²) in [6.07, 6.45) is 3.15. The zero-order chi connectivity index (χ0) is 13.0. The van der Waals surface area contributed by atoms with E-state index in [1.807, 2.05) is 0 Å². The number of thioether (sulfide) groups is 1. The molecule has 1 aromatic heterocycles. The van der Waals surface area contributed by atoms with E-state index in [4.69, 9.17) is 0 Å². The van der Waals surface area contributed by atoms with E-state index in [0.717, 1.165) is 18.7 Å². The van der Waals surface area contributed by atoms with Crippen LogP contribution < -0.4 is 4.57 Å². The van der Waals surface area contributed by atoms with E-state index in [1.54, 1.807) is 6.92 Å². The summed E-state index contributed by atoms with van der Waals surface area (Å²) in [7, 11) is 0. The molecule has 0 amide bonds. The summed E-state index contributed by atoms with van der Waals surface area (Å²) in [6.45, 7) is 4.72. The zero-order valence-electron chi connectivity index (χ0n) is 10.8. The smallest absolute Gasteiger partial charge is 0.212 e. The number of aromatic nitrogens is 1. The minimum Gasteiger partial charge on any atom is -0.288 e. The van der Waals surface area contributed by atoms with Gasteiger partial charge in [-0.3, -0.25) is 4.79 Å². The molecule has 0 aliphatic rings. The Balaban J connectivity index is 2.14. The summed E-state index contributed by atoms with van der Waals surface area (Å²) in [5, 5.41) is 1.51. The Labute approximate surface area is 112 Å². The molecule has 1 aromatic carbocycles. The van der Waals surface area contributed by atoms with Crippen LogP contribution >= 0.6 is 11.8 Å². The largest absolute Gasteiger partial charge is 0.288 e. The van der Waals surface area contributed by atoms with Crippen molar-refractivity contribution >= 4 is 27.8 Å². The molecule has 0 aliphatic carbocycles. The maximum Gasteiger partial charge on any atom is 0.212 e. The first-order valence-corrected chi connectivity index (χ1v) is 7.18. The predicted molar refractivity (Wildman–Crippen MR) is 76.6 cm³/mol. The van der Waals surface area contributed by atoms with Crippen LogP contribution in [0.4, 0.5) is 0 Å². The lowest BCUT2D eigenvalue weighted by molar-refractivity contribution is -0.671. The Kier molecular flexibility index (Phi) is 4.37. The summed E-state index contributed by atoms with van der Waals surface area (Å²) < 4.78 is 2.27. The highest BCUT2D eigenvalue weighted by Crippen LogP contribution is 2.14. The molecule has 0 fully saturated rings. The highest BCUT2D eigenvalue weighted by molar-refractivity contribution is 8.13. The highest BCUT2D eigenvalue weighted by Gasteiger charge is 2.09. The van der Waals surface area contributed by atoms with Gasteiger partial charge in [0.15, 0.2) is 11.3 Å². The van der Waals surface area contributed by atoms with E-state index in [9.17, 15) is 4.79 Å². The van der Waals surface area contributed by atoms with Gasteiger partial charge < -0.3 is 0 Å². The van der Waals surface area contributed by atoms with Crippen molar-refractivity contribution in [3.63, 3.8) is 0 Å². The van der Waals surface area contributed by atoms with Crippen LogP contribution in [0.25, 0.3) is 10.9 Å². The first-order valence-electron chi connectivity index (χ1n) is 6.19. The average Bonchev–Trinajstić information content (AvgIpc) is 2.37. The average molecular weight is 260 g/mol. The lowest BCUT2D eigenvalue weighted by atomic mass is 10.1. The van der Waals surface area contributed by atoms with Gasteiger partial charge in [0.1, 0.15) is 6.54 Å². The van der Waals surface area contributed by atoms with Crippen LogP contribution in [0, 0.1) is 6.92 Å². The third kappa shape index (κ3) is 3.10. The van der Waals surface area contributed by atoms with Crippen molar-refractivity contribution in [3.8, 4) is 0 Å². The third-order valence-corrected chi connectivity index (χ3v) is 3.89. The van der Waals surface area contributed by atoms with Gasteiger partial charge in [-0.1, -0.05) is 23.9 Å². The molecule has 2 nitrogen and oxygen atoms in total. The number of carbonyl (C=O) groups excluding carboxylic acids is 1. The molecule has 2 aromatic rings. The van der Waals surface area contributed by atoms with Gasteiger partial charge in [-0.15, -0.1) is 0 Å². The fraction of sp³-hybridized carbons (Fsp3) is 0.333. The summed E-state index contributed by atoms with van der Waals surface area (Å²) in [6, 6.07) is 10.6. The van der Waals surface area contributed by atoms with Crippen LogP contribution in [0.2, 0.25) is 0 Å². The molecule has 0 N–H and O–H groups in total. The monoisotopic (exact) mass is 260 g/mol. The second kappa shape index (κ2) is 6.01. The number of benzene rings is 1. The summed E-state index contributed by atoms with van der Waals surface area (Å²) in [5.41, 5.74) is 2.57. The molecule has 94 valence electrons. The fourth-order valence-electron chi connectivity index (χ4n) is 2.08. The second-order valence-corrected chi connectivity index (χ2v) is 5.67. The molecule has 0 unspecified atom stereocenters. The lowest BCUT2D eigenvalue weighted by Gasteiger charge is -2.03. The standard InChI is InChI=1S/C15H18NOS/c1-12-8-10-16(9-5-11-18-13(2)17)15-7-4-3-6-14(12)15/h3-4,6-8,10H,5,9,11H2,1-2H3/q+1. The van der Waals surface area contributed by atoms with Crippen molar-refractivity contribution < 1.29 is 9.36 Å². The normalized spacial score (nSPS) is 10.8. The third-order valence-electron chi connectivity index (χ3n) is 2.99. The highest BCUT2D eigenvalue weighted by atomic mass is 32.2. The Morgan fingerprint density at radius 2 is 2.06 bits per heavy atom. The van der Waals surface area contributed by atoms with Crippen molar-refractivity contribution in [1.29, 1.82) is 0 Å². The van der Waals surface area contributed by atoms with Crippen LogP contribution in [0.5, 0.6) is 0 Å². The molecule has 0 atom stereocenters. The Morgan fingerprint density at radius 1 is 1.28 bits per heavy atom. The number of para-hydroxylation sites is 1. The van der Waals surface area contributed by atoms with Gasteiger partial charge in [-0.05, 0) is 18.6 Å². The van der Waals surface area contributed by atoms with Gasteiger partial charge in [0.2, 0.25) is 5.52 Å². The molecule has 2 rings (SSSR count). The Morgan fingerprint density at radius 3 is 2.83 bits per heavy atom. The van der Waals surface area contributed by atoms with Crippen molar-refractivity contribution in [2.45, 2.75) is 26.8 Å². The number of rotatable bonds is 4. The topological polar surface area (TPSA) is 20.9 Å². The van der Waals surface area contributed by atoms with Gasteiger partial charge >= 0.3 is 0 Å². The van der Waals surface area contributed by atoms with Crippen LogP contribution in [-0.4, -0.2) is 10.9 Å². The number of aryl methyl sites for hydroxylation is 2. The van der Waals surface area contributed by atoms with E-state index in [0.29, 0.717) is 0 Å².